The number of rotatable bonds is 0. The first-order chi connectivity index (χ1) is 7.25. The lowest BCUT2D eigenvalue weighted by Crippen LogP contribution is -2.10. The van der Waals surface area contributed by atoms with E-state index in [1.807, 2.05) is 6.07 Å². The molecule has 0 aromatic carbocycles. The summed E-state index contributed by atoms with van der Waals surface area (Å²) in [5.41, 5.74) is 0.207. The number of aliphatic imine (C=N–C) groups is 1. The first-order valence-electron chi connectivity index (χ1n) is 4.41. The van der Waals surface area contributed by atoms with Gasteiger partial charge in [0.25, 0.3) is 0 Å². The van der Waals surface area contributed by atoms with Gasteiger partial charge in [-0.25, -0.2) is 9.98 Å². The zero-order chi connectivity index (χ0) is 10.4. The molecular weight excluding hydrogens is 192 g/mol. The quantitative estimate of drug-likeness (QED) is 0.534. The van der Waals surface area contributed by atoms with Crippen LogP contribution in [0.15, 0.2) is 23.3 Å². The fourth-order valence-electron chi connectivity index (χ4n) is 1.68. The Morgan fingerprint density at radius 2 is 2.27 bits per heavy atom. The van der Waals surface area contributed by atoms with Crippen LogP contribution in [0.2, 0.25) is 0 Å². The zero-order valence-electron chi connectivity index (χ0n) is 7.73. The smallest absolute Gasteiger partial charge is 0.164 e. The molecule has 15 heavy (non-hydrogen) atoms. The van der Waals surface area contributed by atoms with Gasteiger partial charge in [-0.2, -0.15) is 0 Å². The van der Waals surface area contributed by atoms with E-state index >= 15 is 0 Å². The molecule has 4 N–H and O–H groups in total. The highest BCUT2D eigenvalue weighted by Crippen LogP contribution is 2.32. The van der Waals surface area contributed by atoms with E-state index in [1.165, 1.54) is 11.0 Å². The summed E-state index contributed by atoms with van der Waals surface area (Å²) < 4.78 is 1.46. The molecule has 0 spiro atoms. The molecule has 0 saturated carbocycles. The molecule has 3 rings (SSSR count). The molecule has 3 heterocycles. The van der Waals surface area contributed by atoms with E-state index in [4.69, 9.17) is 11.3 Å². The number of nitrogens with two attached hydrogens (primary N) is 1. The molecule has 0 atom stereocenters. The molecule has 0 amide bonds. The van der Waals surface area contributed by atoms with Crippen molar-refractivity contribution in [2.24, 2.45) is 4.99 Å². The van der Waals surface area contributed by atoms with E-state index in [0.29, 0.717) is 11.6 Å². The third-order valence-corrected chi connectivity index (χ3v) is 2.31. The van der Waals surface area contributed by atoms with Crippen LogP contribution in [0.5, 0.6) is 0 Å². The van der Waals surface area contributed by atoms with Crippen LogP contribution in [0.3, 0.4) is 0 Å². The fourth-order valence-corrected chi connectivity index (χ4v) is 1.68. The van der Waals surface area contributed by atoms with Crippen molar-refractivity contribution in [3.8, 4) is 0 Å². The standard InChI is InChI=1S/C9H8N6/c10-6-2-1-5-3-15(11)9-7(5)8(14-6)12-4-13-9/h1-4H,11H2,(H2,10,12,13,14). The second-order valence-electron chi connectivity index (χ2n) is 3.27. The van der Waals surface area contributed by atoms with Crippen molar-refractivity contribution in [2.45, 2.75) is 0 Å². The summed E-state index contributed by atoms with van der Waals surface area (Å²) in [6.07, 6.45) is 3.28. The lowest BCUT2D eigenvalue weighted by atomic mass is 10.3. The Bertz CT molecular complexity index is 639. The maximum atomic E-state index is 7.53. The molecule has 2 aromatic heterocycles. The molecule has 74 valence electrons. The Balaban J connectivity index is 2.60. The maximum Gasteiger partial charge on any atom is 0.164 e. The number of hydrogen-bond acceptors (Lipinski definition) is 5. The van der Waals surface area contributed by atoms with Crippen LogP contribution in [0.25, 0.3) is 10.8 Å². The molecule has 6 nitrogen and oxygen atoms in total. The van der Waals surface area contributed by atoms with Gasteiger partial charge in [0.05, 0.1) is 11.7 Å². The van der Waals surface area contributed by atoms with Crippen LogP contribution >= 0.6 is 0 Å². The normalized spacial score (nSPS) is 12.8. The van der Waals surface area contributed by atoms with E-state index < -0.39 is 0 Å². The van der Waals surface area contributed by atoms with Gasteiger partial charge in [-0.15, -0.1) is 0 Å². The number of nitrogen functional groups attached to an aromatic ring is 1. The van der Waals surface area contributed by atoms with Crippen LogP contribution in [0.1, 0.15) is 0 Å². The van der Waals surface area contributed by atoms with Crippen molar-refractivity contribution in [3.63, 3.8) is 0 Å². The molecule has 0 radical (unpaired) electrons. The van der Waals surface area contributed by atoms with Gasteiger partial charge in [0.1, 0.15) is 11.3 Å². The topological polar surface area (TPSA) is 92.1 Å². The van der Waals surface area contributed by atoms with Crippen molar-refractivity contribution in [1.29, 1.82) is 5.41 Å². The first-order valence-corrected chi connectivity index (χ1v) is 4.41. The Labute approximate surface area is 84.6 Å². The summed E-state index contributed by atoms with van der Waals surface area (Å²) in [5, 5.41) is 12.2. The molecule has 0 fully saturated rings. The van der Waals surface area contributed by atoms with Gasteiger partial charge >= 0.3 is 0 Å². The third kappa shape index (κ3) is 1.01. The Morgan fingerprint density at radius 1 is 1.40 bits per heavy atom. The predicted octanol–water partition coefficient (Wildman–Crippen LogP) is 0.315. The van der Waals surface area contributed by atoms with E-state index in [2.05, 4.69) is 15.3 Å². The highest BCUT2D eigenvalue weighted by atomic mass is 15.3. The number of anilines is 1. The fraction of sp³-hybridized carbons (Fsp3) is 0. The molecular formula is C9H8N6. The van der Waals surface area contributed by atoms with Crippen molar-refractivity contribution < 1.29 is 0 Å². The summed E-state index contributed by atoms with van der Waals surface area (Å²) >= 11 is 0. The average molecular weight is 200 g/mol. The van der Waals surface area contributed by atoms with E-state index in [9.17, 15) is 0 Å². The highest BCUT2D eigenvalue weighted by molar-refractivity contribution is 6.06. The van der Waals surface area contributed by atoms with Crippen LogP contribution in [0, 0.1) is 5.41 Å². The van der Waals surface area contributed by atoms with Gasteiger partial charge in [0.15, 0.2) is 5.82 Å². The summed E-state index contributed by atoms with van der Waals surface area (Å²) in [6, 6.07) is 3.44. The van der Waals surface area contributed by atoms with Gasteiger partial charge in [-0.1, -0.05) is 0 Å². The predicted molar refractivity (Wildman–Crippen MR) is 57.5 cm³/mol. The number of nitrogens with zero attached hydrogens (tertiary/aromatic N) is 3. The van der Waals surface area contributed by atoms with E-state index in [-0.39, 0.29) is 5.49 Å². The summed E-state index contributed by atoms with van der Waals surface area (Å²) in [6.45, 7) is 0. The summed E-state index contributed by atoms with van der Waals surface area (Å²) in [4.78, 5) is 8.23. The number of hydrogen-bond donors (Lipinski definition) is 3. The minimum atomic E-state index is 0.207. The minimum Gasteiger partial charge on any atom is -0.338 e. The van der Waals surface area contributed by atoms with Crippen LogP contribution in [-0.4, -0.2) is 16.0 Å². The van der Waals surface area contributed by atoms with Gasteiger partial charge < -0.3 is 11.2 Å². The Kier molecular flexibility index (Phi) is 1.37. The summed E-state index contributed by atoms with van der Waals surface area (Å²) in [5.74, 6) is 7.02. The largest absolute Gasteiger partial charge is 0.338 e. The highest BCUT2D eigenvalue weighted by Gasteiger charge is 2.13. The monoisotopic (exact) mass is 200 g/mol. The first kappa shape index (κ1) is 7.98. The molecule has 0 unspecified atom stereocenters. The second kappa shape index (κ2) is 2.57. The van der Waals surface area contributed by atoms with Crippen molar-refractivity contribution in [1.82, 2.24) is 9.66 Å². The number of aromatic nitrogens is 2. The second-order valence-corrected chi connectivity index (χ2v) is 3.27. The zero-order valence-corrected chi connectivity index (χ0v) is 7.73. The average Bonchev–Trinajstić information content (AvgIpc) is 2.45. The molecule has 0 saturated heterocycles. The van der Waals surface area contributed by atoms with E-state index in [0.717, 1.165) is 10.8 Å². The van der Waals surface area contributed by atoms with E-state index in [1.54, 1.807) is 12.3 Å². The molecule has 6 heteroatoms. The number of nitrogens with one attached hydrogen (secondary N) is 2. The van der Waals surface area contributed by atoms with Gasteiger partial charge in [0, 0.05) is 11.6 Å². The molecule has 1 aliphatic rings. The van der Waals surface area contributed by atoms with Crippen molar-refractivity contribution in [3.05, 3.63) is 23.8 Å². The summed E-state index contributed by atoms with van der Waals surface area (Å²) in [7, 11) is 0. The molecule has 1 aliphatic heterocycles. The van der Waals surface area contributed by atoms with Gasteiger partial charge in [-0.05, 0) is 12.1 Å². The lowest BCUT2D eigenvalue weighted by molar-refractivity contribution is 1.02. The van der Waals surface area contributed by atoms with Crippen molar-refractivity contribution >= 4 is 28.7 Å². The molecule has 0 bridgehead atoms. The van der Waals surface area contributed by atoms with Crippen LogP contribution in [0.4, 0.5) is 11.6 Å². The van der Waals surface area contributed by atoms with Crippen LogP contribution in [-0.2, 0) is 0 Å². The Morgan fingerprint density at radius 3 is 3.13 bits per heavy atom. The molecule has 2 aromatic rings. The lowest BCUT2D eigenvalue weighted by Gasteiger charge is -2.05. The van der Waals surface area contributed by atoms with Gasteiger partial charge in [-0.3, -0.25) is 10.1 Å². The third-order valence-electron chi connectivity index (χ3n) is 2.31. The van der Waals surface area contributed by atoms with Crippen LogP contribution < -0.4 is 16.6 Å². The SMILES string of the molecule is N=c1ccc2cn(N)c3c2c(n1)NC=N3. The Hall–Kier alpha value is -2.37. The maximum absolute atomic E-state index is 7.53. The minimum absolute atomic E-state index is 0.207. The van der Waals surface area contributed by atoms with Gasteiger partial charge in [0.2, 0.25) is 0 Å². The molecule has 0 aliphatic carbocycles. The van der Waals surface area contributed by atoms with Crippen molar-refractivity contribution in [2.75, 3.05) is 11.2 Å².